The van der Waals surface area contributed by atoms with Crippen LogP contribution in [0, 0.1) is 13.8 Å². The van der Waals surface area contributed by atoms with E-state index in [1.165, 1.54) is 16.7 Å². The van der Waals surface area contributed by atoms with Crippen molar-refractivity contribution in [2.45, 2.75) is 26.8 Å². The normalized spacial score (nSPS) is 14.4. The van der Waals surface area contributed by atoms with E-state index in [4.69, 9.17) is 21.7 Å². The molecule has 30 heavy (non-hydrogen) atoms. The first kappa shape index (κ1) is 22.5. The highest BCUT2D eigenvalue weighted by Gasteiger charge is 2.14. The second-order valence-electron chi connectivity index (χ2n) is 7.83. The van der Waals surface area contributed by atoms with Crippen LogP contribution in [0.25, 0.3) is 0 Å². The van der Waals surface area contributed by atoms with Crippen LogP contribution in [-0.2, 0) is 11.3 Å². The second-order valence-corrected chi connectivity index (χ2v) is 8.21. The third-order valence-electron chi connectivity index (χ3n) is 5.46. The minimum Gasteiger partial charge on any atom is -0.497 e. The first-order chi connectivity index (χ1) is 14.5. The van der Waals surface area contributed by atoms with Crippen LogP contribution in [0.5, 0.6) is 5.75 Å². The van der Waals surface area contributed by atoms with Gasteiger partial charge in [0.25, 0.3) is 0 Å². The number of hydrogen-bond acceptors (Lipinski definition) is 4. The minimum atomic E-state index is 0.765. The molecule has 2 aromatic carbocycles. The third-order valence-corrected chi connectivity index (χ3v) is 5.82. The molecule has 0 bridgehead atoms. The number of methoxy groups -OCH3 is 1. The molecule has 0 amide bonds. The predicted molar refractivity (Wildman–Crippen MR) is 127 cm³/mol. The van der Waals surface area contributed by atoms with E-state index in [2.05, 4.69) is 59.3 Å². The van der Waals surface area contributed by atoms with Gasteiger partial charge in [-0.15, -0.1) is 0 Å². The van der Waals surface area contributed by atoms with Crippen molar-refractivity contribution in [1.82, 2.24) is 9.80 Å². The maximum absolute atomic E-state index is 5.83. The number of hydrogen-bond donors (Lipinski definition) is 1. The number of aryl methyl sites for hydroxylation is 2. The van der Waals surface area contributed by atoms with Crippen molar-refractivity contribution in [3.8, 4) is 5.75 Å². The molecule has 1 saturated heterocycles. The fraction of sp³-hybridized carbons (Fsp3) is 0.458. The Kier molecular flexibility index (Phi) is 8.49. The highest BCUT2D eigenvalue weighted by Crippen LogP contribution is 2.19. The average Bonchev–Trinajstić information content (AvgIpc) is 2.76. The first-order valence-corrected chi connectivity index (χ1v) is 11.0. The Balaban J connectivity index is 1.66. The molecule has 1 heterocycles. The summed E-state index contributed by atoms with van der Waals surface area (Å²) in [5.74, 6) is 0.869. The van der Waals surface area contributed by atoms with Gasteiger partial charge in [0.1, 0.15) is 5.75 Å². The summed E-state index contributed by atoms with van der Waals surface area (Å²) in [5, 5.41) is 4.25. The summed E-state index contributed by atoms with van der Waals surface area (Å²) < 4.78 is 10.7. The molecule has 162 valence electrons. The largest absolute Gasteiger partial charge is 0.497 e. The van der Waals surface area contributed by atoms with Crippen LogP contribution in [0.1, 0.15) is 23.1 Å². The molecule has 1 aliphatic rings. The summed E-state index contributed by atoms with van der Waals surface area (Å²) in [6.45, 7) is 10.7. The van der Waals surface area contributed by atoms with Crippen LogP contribution in [-0.4, -0.2) is 61.4 Å². The zero-order chi connectivity index (χ0) is 21.3. The molecule has 5 nitrogen and oxygen atoms in total. The molecule has 0 saturated carbocycles. The highest BCUT2D eigenvalue weighted by atomic mass is 32.1. The van der Waals surface area contributed by atoms with Crippen LogP contribution in [0.4, 0.5) is 5.69 Å². The molecular weight excluding hydrogens is 394 g/mol. The predicted octanol–water partition coefficient (Wildman–Crippen LogP) is 4.23. The van der Waals surface area contributed by atoms with Crippen molar-refractivity contribution in [1.29, 1.82) is 0 Å². The number of nitrogens with zero attached hydrogens (tertiary/aromatic N) is 2. The monoisotopic (exact) mass is 427 g/mol. The summed E-state index contributed by atoms with van der Waals surface area (Å²) in [5.41, 5.74) is 4.71. The lowest BCUT2D eigenvalue weighted by atomic mass is 10.1. The second kappa shape index (κ2) is 11.3. The zero-order valence-corrected chi connectivity index (χ0v) is 19.1. The van der Waals surface area contributed by atoms with E-state index >= 15 is 0 Å². The molecule has 0 aliphatic carbocycles. The number of morpholine rings is 1. The highest BCUT2D eigenvalue weighted by molar-refractivity contribution is 7.80. The van der Waals surface area contributed by atoms with Gasteiger partial charge in [0, 0.05) is 38.4 Å². The number of nitrogens with one attached hydrogen (secondary N) is 1. The number of benzene rings is 2. The van der Waals surface area contributed by atoms with E-state index in [1.807, 2.05) is 12.1 Å². The molecule has 0 unspecified atom stereocenters. The molecule has 0 atom stereocenters. The van der Waals surface area contributed by atoms with Gasteiger partial charge < -0.3 is 19.7 Å². The van der Waals surface area contributed by atoms with Crippen LogP contribution in [0.2, 0.25) is 0 Å². The molecule has 0 spiro atoms. The molecular formula is C24H33N3O2S. The number of ether oxygens (including phenoxy) is 2. The van der Waals surface area contributed by atoms with Crippen LogP contribution >= 0.6 is 12.2 Å². The van der Waals surface area contributed by atoms with E-state index in [9.17, 15) is 0 Å². The van der Waals surface area contributed by atoms with E-state index in [1.54, 1.807) is 7.11 Å². The first-order valence-electron chi connectivity index (χ1n) is 10.6. The van der Waals surface area contributed by atoms with Crippen molar-refractivity contribution < 1.29 is 9.47 Å². The maximum atomic E-state index is 5.83. The third kappa shape index (κ3) is 6.69. The van der Waals surface area contributed by atoms with Crippen LogP contribution < -0.4 is 10.1 Å². The van der Waals surface area contributed by atoms with Crippen LogP contribution in [0.3, 0.4) is 0 Å². The Morgan fingerprint density at radius 1 is 1.13 bits per heavy atom. The zero-order valence-electron chi connectivity index (χ0n) is 18.3. The molecule has 0 radical (unpaired) electrons. The molecule has 6 heteroatoms. The Hall–Kier alpha value is -2.15. The van der Waals surface area contributed by atoms with E-state index in [-0.39, 0.29) is 0 Å². The van der Waals surface area contributed by atoms with Crippen molar-refractivity contribution in [2.75, 3.05) is 51.8 Å². The van der Waals surface area contributed by atoms with Gasteiger partial charge in [0.2, 0.25) is 0 Å². The molecule has 2 aromatic rings. The topological polar surface area (TPSA) is 37.0 Å². The summed E-state index contributed by atoms with van der Waals surface area (Å²) >= 11 is 5.83. The Morgan fingerprint density at radius 3 is 2.57 bits per heavy atom. The van der Waals surface area contributed by atoms with Gasteiger partial charge in [-0.25, -0.2) is 0 Å². The lowest BCUT2D eigenvalue weighted by Gasteiger charge is -2.30. The molecule has 1 aliphatic heterocycles. The fourth-order valence-electron chi connectivity index (χ4n) is 3.58. The van der Waals surface area contributed by atoms with E-state index in [0.717, 1.165) is 68.9 Å². The quantitative estimate of drug-likeness (QED) is 0.636. The molecule has 3 rings (SSSR count). The Bertz CT molecular complexity index is 820. The average molecular weight is 428 g/mol. The van der Waals surface area contributed by atoms with Gasteiger partial charge in [-0.3, -0.25) is 4.90 Å². The van der Waals surface area contributed by atoms with Crippen molar-refractivity contribution >= 4 is 23.0 Å². The van der Waals surface area contributed by atoms with Gasteiger partial charge >= 0.3 is 0 Å². The van der Waals surface area contributed by atoms with Gasteiger partial charge in [-0.2, -0.15) is 0 Å². The Morgan fingerprint density at radius 2 is 1.87 bits per heavy atom. The number of anilines is 1. The summed E-state index contributed by atoms with van der Waals surface area (Å²) in [4.78, 5) is 4.73. The fourth-order valence-corrected chi connectivity index (χ4v) is 3.84. The van der Waals surface area contributed by atoms with Crippen molar-refractivity contribution in [3.63, 3.8) is 0 Å². The molecule has 1 N–H and O–H groups in total. The van der Waals surface area contributed by atoms with Gasteiger partial charge in [-0.1, -0.05) is 24.3 Å². The van der Waals surface area contributed by atoms with E-state index in [0.29, 0.717) is 0 Å². The standard InChI is InChI=1S/C24H33N3O2S/c1-19-5-6-20(2)23(17-19)25-24(30)27(12-4-11-26-13-15-29-16-14-26)18-21-7-9-22(28-3)10-8-21/h5-10,17H,4,11-16,18H2,1-3H3,(H,25,30). The minimum absolute atomic E-state index is 0.765. The van der Waals surface area contributed by atoms with Gasteiger partial charge in [-0.05, 0) is 67.4 Å². The van der Waals surface area contributed by atoms with Crippen LogP contribution in [0.15, 0.2) is 42.5 Å². The number of rotatable bonds is 8. The smallest absolute Gasteiger partial charge is 0.173 e. The van der Waals surface area contributed by atoms with Crippen molar-refractivity contribution in [3.05, 3.63) is 59.2 Å². The lowest BCUT2D eigenvalue weighted by molar-refractivity contribution is 0.0368. The number of thiocarbonyl (C=S) groups is 1. The summed E-state index contributed by atoms with van der Waals surface area (Å²) in [6.07, 6.45) is 1.06. The van der Waals surface area contributed by atoms with Crippen molar-refractivity contribution in [2.24, 2.45) is 0 Å². The molecule has 0 aromatic heterocycles. The lowest BCUT2D eigenvalue weighted by Crippen LogP contribution is -2.40. The summed E-state index contributed by atoms with van der Waals surface area (Å²) in [7, 11) is 1.69. The van der Waals surface area contributed by atoms with Gasteiger partial charge in [0.15, 0.2) is 5.11 Å². The summed E-state index contributed by atoms with van der Waals surface area (Å²) in [6, 6.07) is 14.6. The maximum Gasteiger partial charge on any atom is 0.173 e. The molecule has 1 fully saturated rings. The van der Waals surface area contributed by atoms with E-state index < -0.39 is 0 Å². The SMILES string of the molecule is COc1ccc(CN(CCCN2CCOCC2)C(=S)Nc2cc(C)ccc2C)cc1. The Labute approximate surface area is 186 Å². The van der Waals surface area contributed by atoms with Gasteiger partial charge in [0.05, 0.1) is 20.3 Å².